The number of thiazole rings is 1. The third kappa shape index (κ3) is 5.15. The van der Waals surface area contributed by atoms with Crippen LogP contribution in [0.4, 0.5) is 0 Å². The molecule has 0 spiro atoms. The average Bonchev–Trinajstić information content (AvgIpc) is 3.09. The molecule has 0 saturated carbocycles. The molecule has 1 N–H and O–H groups in total. The number of amides is 1. The van der Waals surface area contributed by atoms with E-state index in [0.717, 1.165) is 16.3 Å². The van der Waals surface area contributed by atoms with E-state index in [0.29, 0.717) is 25.9 Å². The molecule has 0 radical (unpaired) electrons. The number of benzene rings is 1. The predicted molar refractivity (Wildman–Crippen MR) is 107 cm³/mol. The van der Waals surface area contributed by atoms with Crippen LogP contribution in [0.5, 0.6) is 0 Å². The third-order valence-corrected chi connectivity index (χ3v) is 7.77. The lowest BCUT2D eigenvalue weighted by molar-refractivity contribution is -0.126. The molecule has 1 saturated heterocycles. The van der Waals surface area contributed by atoms with E-state index in [1.54, 1.807) is 0 Å². The number of nitrogens with one attached hydrogen (secondary N) is 1. The zero-order valence-corrected chi connectivity index (χ0v) is 17.2. The molecule has 1 unspecified atom stereocenters. The monoisotopic (exact) mass is 407 g/mol. The second-order valence-corrected chi connectivity index (χ2v) is 9.83. The highest BCUT2D eigenvalue weighted by molar-refractivity contribution is 7.88. The van der Waals surface area contributed by atoms with Crippen LogP contribution in [0.3, 0.4) is 0 Å². The quantitative estimate of drug-likeness (QED) is 0.799. The standard InChI is InChI=1S/C19H25N3O3S2/c1-14-12-26-19(20-14)15(2)21-18(23)17-8-10-22(11-9-17)27(24,25)13-16-6-4-3-5-7-16/h3-7,12,15,17H,8-11,13H2,1-2H3,(H,21,23). The molecule has 8 heteroatoms. The maximum atomic E-state index is 12.6. The van der Waals surface area contributed by atoms with Gasteiger partial charge in [-0.05, 0) is 32.3 Å². The number of aromatic nitrogens is 1. The van der Waals surface area contributed by atoms with Crippen molar-refractivity contribution in [2.24, 2.45) is 5.92 Å². The molecule has 2 heterocycles. The van der Waals surface area contributed by atoms with Gasteiger partial charge in [-0.25, -0.2) is 17.7 Å². The Kier molecular flexibility index (Phi) is 6.29. The lowest BCUT2D eigenvalue weighted by Gasteiger charge is -2.31. The molecule has 3 rings (SSSR count). The topological polar surface area (TPSA) is 79.4 Å². The summed E-state index contributed by atoms with van der Waals surface area (Å²) < 4.78 is 26.7. The highest BCUT2D eigenvalue weighted by atomic mass is 32.2. The van der Waals surface area contributed by atoms with E-state index in [4.69, 9.17) is 0 Å². The Labute approximate surface area is 164 Å². The van der Waals surface area contributed by atoms with Crippen molar-refractivity contribution in [3.05, 3.63) is 52.0 Å². The van der Waals surface area contributed by atoms with E-state index < -0.39 is 10.0 Å². The molecule has 6 nitrogen and oxygen atoms in total. The lowest BCUT2D eigenvalue weighted by Crippen LogP contribution is -2.43. The number of aryl methyl sites for hydroxylation is 1. The van der Waals surface area contributed by atoms with Gasteiger partial charge in [0, 0.05) is 30.1 Å². The van der Waals surface area contributed by atoms with Crippen LogP contribution in [0, 0.1) is 12.8 Å². The van der Waals surface area contributed by atoms with Crippen molar-refractivity contribution in [2.45, 2.75) is 38.5 Å². The molecular weight excluding hydrogens is 382 g/mol. The van der Waals surface area contributed by atoms with E-state index in [1.165, 1.54) is 15.6 Å². The number of piperidine rings is 1. The minimum absolute atomic E-state index is 0.00509. The molecule has 1 atom stereocenters. The van der Waals surface area contributed by atoms with Gasteiger partial charge in [0.25, 0.3) is 0 Å². The van der Waals surface area contributed by atoms with Crippen molar-refractivity contribution in [2.75, 3.05) is 13.1 Å². The molecule has 1 aromatic heterocycles. The first-order chi connectivity index (χ1) is 12.8. The van der Waals surface area contributed by atoms with Crippen molar-refractivity contribution < 1.29 is 13.2 Å². The number of carbonyl (C=O) groups is 1. The fourth-order valence-corrected chi connectivity index (χ4v) is 5.60. The fraction of sp³-hybridized carbons (Fsp3) is 0.474. The van der Waals surface area contributed by atoms with Crippen molar-refractivity contribution >= 4 is 27.3 Å². The summed E-state index contributed by atoms with van der Waals surface area (Å²) >= 11 is 1.54. The summed E-state index contributed by atoms with van der Waals surface area (Å²) in [6.07, 6.45) is 1.09. The van der Waals surface area contributed by atoms with E-state index in [1.807, 2.05) is 49.6 Å². The van der Waals surface area contributed by atoms with Crippen LogP contribution < -0.4 is 5.32 Å². The number of carbonyl (C=O) groups excluding carboxylic acids is 1. The average molecular weight is 408 g/mol. The van der Waals surface area contributed by atoms with Crippen LogP contribution in [-0.2, 0) is 20.6 Å². The van der Waals surface area contributed by atoms with Gasteiger partial charge in [0.05, 0.1) is 11.8 Å². The van der Waals surface area contributed by atoms with Crippen LogP contribution in [0.2, 0.25) is 0 Å². The summed E-state index contributed by atoms with van der Waals surface area (Å²) in [5.74, 6) is -0.169. The molecule has 146 valence electrons. The van der Waals surface area contributed by atoms with Gasteiger partial charge >= 0.3 is 0 Å². The maximum absolute atomic E-state index is 12.6. The molecule has 27 heavy (non-hydrogen) atoms. The minimum Gasteiger partial charge on any atom is -0.347 e. The summed E-state index contributed by atoms with van der Waals surface area (Å²) in [6.45, 7) is 4.63. The van der Waals surface area contributed by atoms with Gasteiger partial charge in [-0.1, -0.05) is 30.3 Å². The largest absolute Gasteiger partial charge is 0.347 e. The molecule has 1 amide bonds. The highest BCUT2D eigenvalue weighted by Crippen LogP contribution is 2.24. The fourth-order valence-electron chi connectivity index (χ4n) is 3.24. The number of sulfonamides is 1. The van der Waals surface area contributed by atoms with Gasteiger partial charge in [-0.3, -0.25) is 4.79 Å². The van der Waals surface area contributed by atoms with Crippen LogP contribution in [-0.4, -0.2) is 36.7 Å². The Morgan fingerprint density at radius 3 is 2.56 bits per heavy atom. The molecule has 1 aliphatic heterocycles. The summed E-state index contributed by atoms with van der Waals surface area (Å²) in [5.41, 5.74) is 1.73. The van der Waals surface area contributed by atoms with E-state index in [-0.39, 0.29) is 23.6 Å². The summed E-state index contributed by atoms with van der Waals surface area (Å²) in [7, 11) is -3.36. The zero-order chi connectivity index (χ0) is 19.4. The van der Waals surface area contributed by atoms with Crippen molar-refractivity contribution in [3.8, 4) is 0 Å². The first-order valence-electron chi connectivity index (χ1n) is 9.09. The van der Waals surface area contributed by atoms with Gasteiger partial charge in [-0.15, -0.1) is 11.3 Å². The van der Waals surface area contributed by atoms with Gasteiger partial charge < -0.3 is 5.32 Å². The van der Waals surface area contributed by atoms with Crippen molar-refractivity contribution in [3.63, 3.8) is 0 Å². The minimum atomic E-state index is -3.36. The SMILES string of the molecule is Cc1csc(C(C)NC(=O)C2CCN(S(=O)(=O)Cc3ccccc3)CC2)n1. The normalized spacial score (nSPS) is 17.6. The molecule has 0 bridgehead atoms. The van der Waals surface area contributed by atoms with Gasteiger partial charge in [-0.2, -0.15) is 0 Å². The van der Waals surface area contributed by atoms with E-state index >= 15 is 0 Å². The first-order valence-corrected chi connectivity index (χ1v) is 11.6. The van der Waals surface area contributed by atoms with Gasteiger partial charge in [0.2, 0.25) is 15.9 Å². The van der Waals surface area contributed by atoms with Crippen LogP contribution in [0.25, 0.3) is 0 Å². The maximum Gasteiger partial charge on any atom is 0.223 e. The first kappa shape index (κ1) is 20.0. The Balaban J connectivity index is 1.52. The van der Waals surface area contributed by atoms with Crippen molar-refractivity contribution in [1.29, 1.82) is 0 Å². The van der Waals surface area contributed by atoms with E-state index in [2.05, 4.69) is 10.3 Å². The second-order valence-electron chi connectivity index (χ2n) is 6.97. The lowest BCUT2D eigenvalue weighted by atomic mass is 9.97. The molecule has 0 aliphatic carbocycles. The van der Waals surface area contributed by atoms with E-state index in [9.17, 15) is 13.2 Å². The predicted octanol–water partition coefficient (Wildman–Crippen LogP) is 2.87. The summed E-state index contributed by atoms with van der Waals surface area (Å²) in [4.78, 5) is 16.9. The van der Waals surface area contributed by atoms with Crippen LogP contribution >= 0.6 is 11.3 Å². The molecular formula is C19H25N3O3S2. The number of rotatable bonds is 6. The Bertz CT molecular complexity index is 873. The number of hydrogen-bond donors (Lipinski definition) is 1. The third-order valence-electron chi connectivity index (χ3n) is 4.78. The van der Waals surface area contributed by atoms with Gasteiger partial charge in [0.15, 0.2) is 0 Å². The Hall–Kier alpha value is -1.77. The molecule has 1 fully saturated rings. The molecule has 1 aliphatic rings. The zero-order valence-electron chi connectivity index (χ0n) is 15.6. The van der Waals surface area contributed by atoms with Crippen LogP contribution in [0.1, 0.15) is 42.1 Å². The number of hydrogen-bond acceptors (Lipinski definition) is 5. The van der Waals surface area contributed by atoms with Crippen LogP contribution in [0.15, 0.2) is 35.7 Å². The Morgan fingerprint density at radius 1 is 1.30 bits per heavy atom. The second kappa shape index (κ2) is 8.50. The van der Waals surface area contributed by atoms with Crippen molar-refractivity contribution in [1.82, 2.24) is 14.6 Å². The molecule has 1 aromatic carbocycles. The Morgan fingerprint density at radius 2 is 1.96 bits per heavy atom. The highest BCUT2D eigenvalue weighted by Gasteiger charge is 2.31. The summed E-state index contributed by atoms with van der Waals surface area (Å²) in [6, 6.07) is 9.06. The number of nitrogens with zero attached hydrogens (tertiary/aromatic N) is 2. The smallest absolute Gasteiger partial charge is 0.223 e. The van der Waals surface area contributed by atoms with Gasteiger partial charge in [0.1, 0.15) is 5.01 Å². The summed E-state index contributed by atoms with van der Waals surface area (Å²) in [5, 5.41) is 5.87. The molecule has 2 aromatic rings.